The number of hydrogen-bond acceptors (Lipinski definition) is 7. The van der Waals surface area contributed by atoms with E-state index >= 15 is 0 Å². The molecular weight excluding hydrogens is 308 g/mol. The Bertz CT molecular complexity index is 700. The second-order valence-electron chi connectivity index (χ2n) is 4.29. The van der Waals surface area contributed by atoms with E-state index in [4.69, 9.17) is 9.47 Å². The lowest BCUT2D eigenvalue weighted by molar-refractivity contribution is 0.336. The van der Waals surface area contributed by atoms with Gasteiger partial charge in [-0.25, -0.2) is 13.1 Å². The number of benzene rings is 1. The van der Waals surface area contributed by atoms with Crippen molar-refractivity contribution >= 4 is 10.0 Å². The standard InChI is InChI=1S/C13H16N4O4S/c1-20-12-15-11(16-13(17-12)21-2)8-14-22(18,19)9-10-6-4-3-5-7-10/h3-7,14H,8-9H2,1-2H3. The van der Waals surface area contributed by atoms with Crippen LogP contribution in [0.15, 0.2) is 30.3 Å². The molecule has 0 radical (unpaired) electrons. The van der Waals surface area contributed by atoms with Gasteiger partial charge >= 0.3 is 12.0 Å². The highest BCUT2D eigenvalue weighted by Crippen LogP contribution is 2.09. The largest absolute Gasteiger partial charge is 0.467 e. The Labute approximate surface area is 128 Å². The molecule has 2 aromatic rings. The summed E-state index contributed by atoms with van der Waals surface area (Å²) in [4.78, 5) is 11.8. The topological polar surface area (TPSA) is 103 Å². The van der Waals surface area contributed by atoms with Crippen molar-refractivity contribution in [3.8, 4) is 12.0 Å². The zero-order chi connectivity index (χ0) is 16.0. The monoisotopic (exact) mass is 324 g/mol. The van der Waals surface area contributed by atoms with Crippen molar-refractivity contribution < 1.29 is 17.9 Å². The van der Waals surface area contributed by atoms with Crippen molar-refractivity contribution in [2.45, 2.75) is 12.3 Å². The number of ether oxygens (including phenoxy) is 2. The van der Waals surface area contributed by atoms with Crippen molar-refractivity contribution in [2.75, 3.05) is 14.2 Å². The van der Waals surface area contributed by atoms with E-state index in [1.54, 1.807) is 24.3 Å². The van der Waals surface area contributed by atoms with E-state index in [9.17, 15) is 8.42 Å². The van der Waals surface area contributed by atoms with Crippen LogP contribution in [-0.2, 0) is 22.3 Å². The number of aromatic nitrogens is 3. The normalized spacial score (nSPS) is 11.2. The molecular formula is C13H16N4O4S. The van der Waals surface area contributed by atoms with Gasteiger partial charge in [0.05, 0.1) is 26.5 Å². The molecule has 0 aliphatic heterocycles. The molecule has 0 saturated heterocycles. The summed E-state index contributed by atoms with van der Waals surface area (Å²) in [7, 11) is -0.702. The smallest absolute Gasteiger partial charge is 0.322 e. The van der Waals surface area contributed by atoms with Gasteiger partial charge in [-0.05, 0) is 5.56 Å². The molecule has 9 heteroatoms. The fourth-order valence-electron chi connectivity index (χ4n) is 1.66. The Morgan fingerprint density at radius 1 is 1.00 bits per heavy atom. The minimum atomic E-state index is -3.50. The third kappa shape index (κ3) is 4.64. The van der Waals surface area contributed by atoms with Crippen molar-refractivity contribution in [2.24, 2.45) is 0 Å². The van der Waals surface area contributed by atoms with Crippen LogP contribution in [0, 0.1) is 0 Å². The highest BCUT2D eigenvalue weighted by atomic mass is 32.2. The van der Waals surface area contributed by atoms with Crippen LogP contribution in [0.1, 0.15) is 11.4 Å². The third-order valence-corrected chi connectivity index (χ3v) is 3.95. The molecule has 22 heavy (non-hydrogen) atoms. The summed E-state index contributed by atoms with van der Waals surface area (Å²) in [5, 5.41) is 0. The molecule has 0 aliphatic rings. The molecule has 2 rings (SSSR count). The number of rotatable bonds is 7. The predicted octanol–water partition coefficient (Wildman–Crippen LogP) is 0.508. The maximum Gasteiger partial charge on any atom is 0.322 e. The van der Waals surface area contributed by atoms with Crippen LogP contribution in [0.4, 0.5) is 0 Å². The van der Waals surface area contributed by atoms with Crippen LogP contribution < -0.4 is 14.2 Å². The third-order valence-electron chi connectivity index (χ3n) is 2.66. The van der Waals surface area contributed by atoms with E-state index in [-0.39, 0.29) is 30.1 Å². The molecule has 0 atom stereocenters. The molecule has 0 bridgehead atoms. The van der Waals surface area contributed by atoms with Gasteiger partial charge < -0.3 is 9.47 Å². The molecule has 1 N–H and O–H groups in total. The van der Waals surface area contributed by atoms with Gasteiger partial charge in [0.15, 0.2) is 5.82 Å². The Balaban J connectivity index is 2.05. The van der Waals surface area contributed by atoms with E-state index in [1.165, 1.54) is 14.2 Å². The predicted molar refractivity (Wildman–Crippen MR) is 78.8 cm³/mol. The maximum atomic E-state index is 12.0. The average Bonchev–Trinajstić information content (AvgIpc) is 2.53. The highest BCUT2D eigenvalue weighted by Gasteiger charge is 2.14. The van der Waals surface area contributed by atoms with Crippen LogP contribution in [-0.4, -0.2) is 37.6 Å². The first-order valence-electron chi connectivity index (χ1n) is 6.36. The quantitative estimate of drug-likeness (QED) is 0.791. The lowest BCUT2D eigenvalue weighted by Crippen LogP contribution is -2.26. The zero-order valence-electron chi connectivity index (χ0n) is 12.2. The molecule has 118 valence electrons. The number of sulfonamides is 1. The van der Waals surface area contributed by atoms with Gasteiger partial charge in [-0.1, -0.05) is 30.3 Å². The number of nitrogens with one attached hydrogen (secondary N) is 1. The first-order valence-corrected chi connectivity index (χ1v) is 8.02. The van der Waals surface area contributed by atoms with Gasteiger partial charge in [0.2, 0.25) is 10.0 Å². The summed E-state index contributed by atoms with van der Waals surface area (Å²) >= 11 is 0. The summed E-state index contributed by atoms with van der Waals surface area (Å²) in [6.45, 7) is -0.0790. The van der Waals surface area contributed by atoms with Crippen LogP contribution in [0.5, 0.6) is 12.0 Å². The van der Waals surface area contributed by atoms with Crippen molar-refractivity contribution in [3.63, 3.8) is 0 Å². The first kappa shape index (κ1) is 16.1. The summed E-state index contributed by atoms with van der Waals surface area (Å²) in [6.07, 6.45) is 0. The van der Waals surface area contributed by atoms with Crippen LogP contribution >= 0.6 is 0 Å². The summed E-state index contributed by atoms with van der Waals surface area (Å²) in [5.41, 5.74) is 0.695. The fraction of sp³-hybridized carbons (Fsp3) is 0.308. The fourth-order valence-corrected chi connectivity index (χ4v) is 2.74. The van der Waals surface area contributed by atoms with E-state index in [2.05, 4.69) is 19.7 Å². The van der Waals surface area contributed by atoms with E-state index in [1.807, 2.05) is 6.07 Å². The number of hydrogen-bond donors (Lipinski definition) is 1. The van der Waals surface area contributed by atoms with Gasteiger partial charge in [0.1, 0.15) is 0 Å². The van der Waals surface area contributed by atoms with Crippen molar-refractivity contribution in [3.05, 3.63) is 41.7 Å². The molecule has 0 amide bonds. The first-order chi connectivity index (χ1) is 10.5. The average molecular weight is 324 g/mol. The highest BCUT2D eigenvalue weighted by molar-refractivity contribution is 7.88. The zero-order valence-corrected chi connectivity index (χ0v) is 13.0. The van der Waals surface area contributed by atoms with Gasteiger partial charge in [0, 0.05) is 0 Å². The molecule has 0 fully saturated rings. The molecule has 0 spiro atoms. The Morgan fingerprint density at radius 3 is 2.14 bits per heavy atom. The summed E-state index contributed by atoms with van der Waals surface area (Å²) < 4.78 is 36.3. The number of nitrogens with zero attached hydrogens (tertiary/aromatic N) is 3. The Hall–Kier alpha value is -2.26. The molecule has 0 saturated carbocycles. The van der Waals surface area contributed by atoms with Crippen LogP contribution in [0.2, 0.25) is 0 Å². The molecule has 1 heterocycles. The minimum absolute atomic E-state index is 0.0594. The maximum absolute atomic E-state index is 12.0. The van der Waals surface area contributed by atoms with Gasteiger partial charge in [-0.15, -0.1) is 4.98 Å². The van der Waals surface area contributed by atoms with E-state index in [0.717, 1.165) is 0 Å². The molecule has 0 unspecified atom stereocenters. The Morgan fingerprint density at radius 2 is 1.59 bits per heavy atom. The second-order valence-corrected chi connectivity index (χ2v) is 6.10. The second kappa shape index (κ2) is 7.14. The lowest BCUT2D eigenvalue weighted by Gasteiger charge is -2.07. The van der Waals surface area contributed by atoms with E-state index < -0.39 is 10.0 Å². The Kier molecular flexibility index (Phi) is 5.23. The minimum Gasteiger partial charge on any atom is -0.467 e. The van der Waals surface area contributed by atoms with Crippen LogP contribution in [0.25, 0.3) is 0 Å². The molecule has 1 aromatic heterocycles. The SMILES string of the molecule is COc1nc(CNS(=O)(=O)Cc2ccccc2)nc(OC)n1. The lowest BCUT2D eigenvalue weighted by atomic mass is 10.2. The van der Waals surface area contributed by atoms with E-state index in [0.29, 0.717) is 5.56 Å². The summed E-state index contributed by atoms with van der Waals surface area (Å²) in [5.74, 6) is 0.0908. The van der Waals surface area contributed by atoms with Crippen molar-refractivity contribution in [1.82, 2.24) is 19.7 Å². The summed E-state index contributed by atoms with van der Waals surface area (Å²) in [6, 6.07) is 9.00. The van der Waals surface area contributed by atoms with Gasteiger partial charge in [-0.3, -0.25) is 0 Å². The van der Waals surface area contributed by atoms with Crippen molar-refractivity contribution in [1.29, 1.82) is 0 Å². The molecule has 1 aromatic carbocycles. The molecule has 8 nitrogen and oxygen atoms in total. The van der Waals surface area contributed by atoms with Gasteiger partial charge in [0.25, 0.3) is 0 Å². The van der Waals surface area contributed by atoms with Gasteiger partial charge in [-0.2, -0.15) is 9.97 Å². The number of methoxy groups -OCH3 is 2. The molecule has 0 aliphatic carbocycles. The van der Waals surface area contributed by atoms with Crippen LogP contribution in [0.3, 0.4) is 0 Å².